The zero-order valence-electron chi connectivity index (χ0n) is 17.5. The molecule has 1 aliphatic rings. The van der Waals surface area contributed by atoms with Crippen molar-refractivity contribution in [1.82, 2.24) is 14.7 Å². The Hall–Kier alpha value is -3.60. The van der Waals surface area contributed by atoms with Crippen molar-refractivity contribution in [3.8, 4) is 5.75 Å². The van der Waals surface area contributed by atoms with Gasteiger partial charge in [-0.3, -0.25) is 4.79 Å². The monoisotopic (exact) mass is 411 g/mol. The maximum Gasteiger partial charge on any atom is 0.251 e. The fraction of sp³-hybridized carbons (Fsp3) is 0.231. The lowest BCUT2D eigenvalue weighted by Gasteiger charge is -2.16. The maximum atomic E-state index is 12.6. The molecule has 1 amide bonds. The number of amides is 1. The lowest BCUT2D eigenvalue weighted by Crippen LogP contribution is -2.32. The summed E-state index contributed by atoms with van der Waals surface area (Å²) in [5.74, 6) is 0.665. The molecule has 4 aromatic rings. The Morgan fingerprint density at radius 1 is 1.06 bits per heavy atom. The van der Waals surface area contributed by atoms with Crippen molar-refractivity contribution in [1.29, 1.82) is 0 Å². The summed E-state index contributed by atoms with van der Waals surface area (Å²) in [5, 5.41) is 3.11. The van der Waals surface area contributed by atoms with Gasteiger partial charge in [0.2, 0.25) is 0 Å². The number of hydrogen-bond acceptors (Lipinski definition) is 3. The molecule has 5 rings (SSSR count). The van der Waals surface area contributed by atoms with Gasteiger partial charge in [0, 0.05) is 29.9 Å². The number of pyridine rings is 1. The van der Waals surface area contributed by atoms with Gasteiger partial charge in [0.25, 0.3) is 5.91 Å². The summed E-state index contributed by atoms with van der Waals surface area (Å²) in [6.07, 6.45) is 6.19. The van der Waals surface area contributed by atoms with E-state index in [-0.39, 0.29) is 11.3 Å². The van der Waals surface area contributed by atoms with E-state index < -0.39 is 0 Å². The number of ether oxygens (including phenoxy) is 1. The molecule has 5 heteroatoms. The summed E-state index contributed by atoms with van der Waals surface area (Å²) in [6, 6.07) is 21.8. The first-order chi connectivity index (χ1) is 15.1. The van der Waals surface area contributed by atoms with Crippen molar-refractivity contribution in [3.63, 3.8) is 0 Å². The van der Waals surface area contributed by atoms with Crippen molar-refractivity contribution in [3.05, 3.63) is 102 Å². The zero-order chi connectivity index (χ0) is 21.3. The predicted molar refractivity (Wildman–Crippen MR) is 120 cm³/mol. The van der Waals surface area contributed by atoms with Gasteiger partial charge in [-0.25, -0.2) is 4.98 Å². The number of aromatic nitrogens is 2. The summed E-state index contributed by atoms with van der Waals surface area (Å²) in [7, 11) is 0. The van der Waals surface area contributed by atoms with Crippen molar-refractivity contribution < 1.29 is 9.53 Å². The van der Waals surface area contributed by atoms with E-state index in [1.807, 2.05) is 54.0 Å². The van der Waals surface area contributed by atoms with Crippen LogP contribution in [0.5, 0.6) is 5.75 Å². The van der Waals surface area contributed by atoms with Gasteiger partial charge >= 0.3 is 0 Å². The second-order valence-electron chi connectivity index (χ2n) is 8.30. The number of fused-ring (bicyclic) bond motifs is 1. The fourth-order valence-electron chi connectivity index (χ4n) is 4.00. The van der Waals surface area contributed by atoms with Crippen LogP contribution in [0.2, 0.25) is 0 Å². The van der Waals surface area contributed by atoms with Crippen LogP contribution in [-0.2, 0) is 12.0 Å². The highest BCUT2D eigenvalue weighted by atomic mass is 16.5. The Labute approximate surface area is 181 Å². The summed E-state index contributed by atoms with van der Waals surface area (Å²) >= 11 is 0. The molecule has 0 spiro atoms. The van der Waals surface area contributed by atoms with Gasteiger partial charge in [0.05, 0.1) is 5.69 Å². The van der Waals surface area contributed by atoms with Crippen LogP contribution in [0.4, 0.5) is 0 Å². The molecule has 1 saturated carbocycles. The van der Waals surface area contributed by atoms with Crippen LogP contribution < -0.4 is 10.1 Å². The SMILES string of the molecule is Cc1cccn2cc(COc3ccc(C(=O)NCC4(c5ccccc5)CC4)cc3)nc12. The topological polar surface area (TPSA) is 55.6 Å². The number of aryl methyl sites for hydroxylation is 1. The largest absolute Gasteiger partial charge is 0.487 e. The van der Waals surface area contributed by atoms with Crippen molar-refractivity contribution in [2.24, 2.45) is 0 Å². The van der Waals surface area contributed by atoms with Crippen molar-refractivity contribution in [2.45, 2.75) is 31.8 Å². The molecule has 0 bridgehead atoms. The Morgan fingerprint density at radius 3 is 2.55 bits per heavy atom. The molecule has 1 N–H and O–H groups in total. The third kappa shape index (κ3) is 4.04. The molecule has 0 aliphatic heterocycles. The number of carbonyl (C=O) groups excluding carboxylic acids is 1. The van der Waals surface area contributed by atoms with Crippen LogP contribution in [0.1, 0.15) is 40.0 Å². The first-order valence-electron chi connectivity index (χ1n) is 10.6. The molecule has 0 saturated heterocycles. The van der Waals surface area contributed by atoms with Gasteiger partial charge in [-0.1, -0.05) is 36.4 Å². The molecule has 1 fully saturated rings. The third-order valence-electron chi connectivity index (χ3n) is 6.06. The standard InChI is InChI=1S/C26H25N3O2/c1-19-6-5-15-29-16-22(28-24(19)29)17-31-23-11-9-20(10-12-23)25(30)27-18-26(13-14-26)21-7-3-2-4-8-21/h2-12,15-16H,13-14,17-18H2,1H3,(H,27,30). The molecule has 2 heterocycles. The van der Waals surface area contributed by atoms with Gasteiger partial charge in [-0.2, -0.15) is 0 Å². The van der Waals surface area contributed by atoms with Crippen LogP contribution in [0, 0.1) is 6.92 Å². The average molecular weight is 412 g/mol. The molecule has 1 aliphatic carbocycles. The van der Waals surface area contributed by atoms with Crippen LogP contribution >= 0.6 is 0 Å². The molecular formula is C26H25N3O2. The van der Waals surface area contributed by atoms with E-state index in [0.29, 0.717) is 24.5 Å². The third-order valence-corrected chi connectivity index (χ3v) is 6.06. The van der Waals surface area contributed by atoms with E-state index in [4.69, 9.17) is 4.74 Å². The van der Waals surface area contributed by atoms with Crippen LogP contribution in [0.15, 0.2) is 79.1 Å². The molecule has 31 heavy (non-hydrogen) atoms. The highest BCUT2D eigenvalue weighted by Gasteiger charge is 2.44. The van der Waals surface area contributed by atoms with E-state index in [0.717, 1.165) is 29.7 Å². The van der Waals surface area contributed by atoms with E-state index in [9.17, 15) is 4.79 Å². The number of rotatable bonds is 7. The molecule has 2 aromatic carbocycles. The summed E-state index contributed by atoms with van der Waals surface area (Å²) in [5.41, 5.74) is 4.99. The molecular weight excluding hydrogens is 386 g/mol. The fourth-order valence-corrected chi connectivity index (χ4v) is 4.00. The van der Waals surface area contributed by atoms with E-state index in [1.165, 1.54) is 5.56 Å². The number of benzene rings is 2. The number of imidazole rings is 1. The van der Waals surface area contributed by atoms with E-state index >= 15 is 0 Å². The second-order valence-corrected chi connectivity index (χ2v) is 8.30. The molecule has 2 aromatic heterocycles. The minimum absolute atomic E-state index is 0.0513. The quantitative estimate of drug-likeness (QED) is 0.480. The van der Waals surface area contributed by atoms with Gasteiger partial charge < -0.3 is 14.5 Å². The highest BCUT2D eigenvalue weighted by molar-refractivity contribution is 5.94. The number of nitrogens with zero attached hydrogens (tertiary/aromatic N) is 2. The van der Waals surface area contributed by atoms with Gasteiger partial charge in [-0.05, 0) is 61.2 Å². The molecule has 0 unspecified atom stereocenters. The zero-order valence-corrected chi connectivity index (χ0v) is 17.5. The minimum Gasteiger partial charge on any atom is -0.487 e. The molecule has 5 nitrogen and oxygen atoms in total. The lowest BCUT2D eigenvalue weighted by molar-refractivity contribution is 0.0949. The summed E-state index contributed by atoms with van der Waals surface area (Å²) < 4.78 is 7.87. The summed E-state index contributed by atoms with van der Waals surface area (Å²) in [6.45, 7) is 3.09. The van der Waals surface area contributed by atoms with Crippen molar-refractivity contribution in [2.75, 3.05) is 6.54 Å². The Bertz CT molecular complexity index is 1210. The number of nitrogens with one attached hydrogen (secondary N) is 1. The molecule has 156 valence electrons. The smallest absolute Gasteiger partial charge is 0.251 e. The number of carbonyl (C=O) groups is 1. The predicted octanol–water partition coefficient (Wildman–Crippen LogP) is 4.68. The van der Waals surface area contributed by atoms with Gasteiger partial charge in [0.1, 0.15) is 18.0 Å². The Balaban J connectivity index is 1.18. The number of hydrogen-bond donors (Lipinski definition) is 1. The highest BCUT2D eigenvalue weighted by Crippen LogP contribution is 2.47. The lowest BCUT2D eigenvalue weighted by atomic mass is 9.96. The maximum absolute atomic E-state index is 12.6. The Morgan fingerprint density at radius 2 is 1.84 bits per heavy atom. The second kappa shape index (κ2) is 7.91. The minimum atomic E-state index is -0.0513. The molecule has 0 radical (unpaired) electrons. The first-order valence-corrected chi connectivity index (χ1v) is 10.6. The van der Waals surface area contributed by atoms with Crippen LogP contribution in [0.25, 0.3) is 5.65 Å². The normalized spacial score (nSPS) is 14.4. The summed E-state index contributed by atoms with van der Waals surface area (Å²) in [4.78, 5) is 17.2. The van der Waals surface area contributed by atoms with Gasteiger partial charge in [-0.15, -0.1) is 0 Å². The average Bonchev–Trinajstić information content (AvgIpc) is 3.48. The van der Waals surface area contributed by atoms with Crippen molar-refractivity contribution >= 4 is 11.6 Å². The first kappa shape index (κ1) is 19.4. The van der Waals surface area contributed by atoms with Crippen LogP contribution in [-0.4, -0.2) is 21.8 Å². The van der Waals surface area contributed by atoms with E-state index in [2.05, 4.69) is 34.6 Å². The van der Waals surface area contributed by atoms with E-state index in [1.54, 1.807) is 12.1 Å². The van der Waals surface area contributed by atoms with Gasteiger partial charge in [0.15, 0.2) is 0 Å². The molecule has 0 atom stereocenters. The Kier molecular flexibility index (Phi) is 4.94. The van der Waals surface area contributed by atoms with Crippen LogP contribution in [0.3, 0.4) is 0 Å².